The van der Waals surface area contributed by atoms with Gasteiger partial charge in [0.15, 0.2) is 11.6 Å². The number of carbonyl (C=O) groups excluding carboxylic acids is 3. The van der Waals surface area contributed by atoms with Gasteiger partial charge in [-0.25, -0.2) is 4.39 Å². The number of amides is 1. The average molecular weight is 532 g/mol. The van der Waals surface area contributed by atoms with E-state index in [4.69, 9.17) is 0 Å². The topological polar surface area (TPSA) is 54.5 Å². The molecule has 0 fully saturated rings. The van der Waals surface area contributed by atoms with E-state index >= 15 is 0 Å². The van der Waals surface area contributed by atoms with E-state index < -0.39 is 17.7 Å². The lowest BCUT2D eigenvalue weighted by Gasteiger charge is -2.36. The molecular formula is C33H22FNO3S. The Bertz CT molecular complexity index is 1700. The zero-order valence-corrected chi connectivity index (χ0v) is 21.5. The van der Waals surface area contributed by atoms with Gasteiger partial charge in [-0.1, -0.05) is 78.5 Å². The SMILES string of the molecule is O=C(C[C@@H]1c2ccccc2[C@@H]2C(C(=O)c3ccc(F)cc3)=C3Sc4ccccc4N3C(=O)[C@H]12)c1ccccc1. The largest absolute Gasteiger partial charge is 0.294 e. The second kappa shape index (κ2) is 9.17. The molecule has 4 nitrogen and oxygen atoms in total. The Morgan fingerprint density at radius 3 is 2.21 bits per heavy atom. The van der Waals surface area contributed by atoms with Gasteiger partial charge >= 0.3 is 0 Å². The number of para-hydroxylation sites is 1. The fraction of sp³-hybridized carbons (Fsp3) is 0.121. The lowest BCUT2D eigenvalue weighted by molar-refractivity contribution is -0.123. The smallest absolute Gasteiger partial charge is 0.236 e. The number of benzene rings is 4. The molecule has 0 saturated carbocycles. The molecule has 0 aromatic heterocycles. The fourth-order valence-corrected chi connectivity index (χ4v) is 7.47. The van der Waals surface area contributed by atoms with Gasteiger partial charge in [0.05, 0.1) is 16.6 Å². The first-order valence-electron chi connectivity index (χ1n) is 12.9. The van der Waals surface area contributed by atoms with Gasteiger partial charge in [0.1, 0.15) is 5.82 Å². The van der Waals surface area contributed by atoms with E-state index in [0.717, 1.165) is 21.7 Å². The van der Waals surface area contributed by atoms with Crippen molar-refractivity contribution in [3.63, 3.8) is 0 Å². The number of Topliss-reactive ketones (excluding diaryl/α,β-unsaturated/α-hetero) is 2. The van der Waals surface area contributed by atoms with Crippen LogP contribution in [0.5, 0.6) is 0 Å². The molecule has 190 valence electrons. The van der Waals surface area contributed by atoms with Gasteiger partial charge in [-0.15, -0.1) is 0 Å². The molecule has 4 aromatic carbocycles. The summed E-state index contributed by atoms with van der Waals surface area (Å²) < 4.78 is 13.8. The van der Waals surface area contributed by atoms with Gasteiger partial charge in [-0.05, 0) is 47.5 Å². The zero-order chi connectivity index (χ0) is 26.7. The van der Waals surface area contributed by atoms with Crippen LogP contribution in [0.1, 0.15) is 50.1 Å². The van der Waals surface area contributed by atoms with Gasteiger partial charge in [-0.2, -0.15) is 0 Å². The Kier molecular flexibility index (Phi) is 5.60. The van der Waals surface area contributed by atoms with Crippen LogP contribution in [0.4, 0.5) is 10.1 Å². The molecule has 0 radical (unpaired) electrons. The highest BCUT2D eigenvalue weighted by atomic mass is 32.2. The van der Waals surface area contributed by atoms with E-state index in [1.807, 2.05) is 66.7 Å². The maximum Gasteiger partial charge on any atom is 0.236 e. The zero-order valence-electron chi connectivity index (χ0n) is 20.7. The van der Waals surface area contributed by atoms with Crippen molar-refractivity contribution in [2.24, 2.45) is 5.92 Å². The summed E-state index contributed by atoms with van der Waals surface area (Å²) >= 11 is 1.42. The second-order valence-electron chi connectivity index (χ2n) is 10.0. The summed E-state index contributed by atoms with van der Waals surface area (Å²) in [6.07, 6.45) is 0.157. The Morgan fingerprint density at radius 1 is 0.769 bits per heavy atom. The highest BCUT2D eigenvalue weighted by Gasteiger charge is 2.55. The van der Waals surface area contributed by atoms with Crippen LogP contribution in [0.25, 0.3) is 0 Å². The van der Waals surface area contributed by atoms with Gasteiger partial charge < -0.3 is 0 Å². The standard InChI is InChI=1S/C33H22FNO3S/c34-21-16-14-20(15-17-21)31(37)30-28-23-11-5-4-10-22(23)24(18-26(36)19-8-2-1-3-9-19)29(28)32(38)35-25-12-6-7-13-27(25)39-33(30)35/h1-17,24,28-29H,18H2/t24-,28+,29-/m1/s1. The predicted molar refractivity (Wildman–Crippen MR) is 148 cm³/mol. The molecule has 1 amide bonds. The average Bonchev–Trinajstić information content (AvgIpc) is 3.51. The third-order valence-corrected chi connectivity index (χ3v) is 9.10. The number of anilines is 1. The molecule has 0 bridgehead atoms. The molecule has 3 atom stereocenters. The molecule has 0 N–H and O–H groups in total. The van der Waals surface area contributed by atoms with Crippen LogP contribution in [0.3, 0.4) is 0 Å². The minimum absolute atomic E-state index is 0.0405. The van der Waals surface area contributed by atoms with E-state index in [2.05, 4.69) is 0 Å². The van der Waals surface area contributed by atoms with Crippen molar-refractivity contribution < 1.29 is 18.8 Å². The van der Waals surface area contributed by atoms with Crippen molar-refractivity contribution in [2.75, 3.05) is 4.90 Å². The number of hydrogen-bond acceptors (Lipinski definition) is 4. The number of carbonyl (C=O) groups is 3. The van der Waals surface area contributed by atoms with E-state index in [1.165, 1.54) is 36.0 Å². The number of nitrogens with zero attached hydrogens (tertiary/aromatic N) is 1. The molecule has 3 aliphatic rings. The fourth-order valence-electron chi connectivity index (χ4n) is 6.24. The van der Waals surface area contributed by atoms with Crippen LogP contribution in [-0.2, 0) is 4.79 Å². The molecule has 0 saturated heterocycles. The number of hydrogen-bond donors (Lipinski definition) is 0. The van der Waals surface area contributed by atoms with E-state index in [-0.39, 0.29) is 29.8 Å². The Hall–Kier alpha value is -4.29. The number of halogens is 1. The molecule has 0 spiro atoms. The maximum absolute atomic E-state index is 14.4. The van der Waals surface area contributed by atoms with Crippen molar-refractivity contribution in [2.45, 2.75) is 23.2 Å². The number of ketones is 2. The molecule has 1 aliphatic carbocycles. The Morgan fingerprint density at radius 2 is 1.44 bits per heavy atom. The first-order valence-corrected chi connectivity index (χ1v) is 13.7. The molecule has 4 aromatic rings. The maximum atomic E-state index is 14.4. The van der Waals surface area contributed by atoms with Crippen molar-refractivity contribution >= 4 is 34.9 Å². The number of allylic oxidation sites excluding steroid dienone is 1. The van der Waals surface area contributed by atoms with Gasteiger partial charge in [0, 0.05) is 39.9 Å². The van der Waals surface area contributed by atoms with Crippen molar-refractivity contribution in [1.29, 1.82) is 0 Å². The Balaban J connectivity index is 1.41. The summed E-state index contributed by atoms with van der Waals surface area (Å²) in [5.74, 6) is -2.32. The van der Waals surface area contributed by atoms with Crippen molar-refractivity contribution in [1.82, 2.24) is 0 Å². The molecule has 6 heteroatoms. The Labute approximate surface area is 229 Å². The molecule has 39 heavy (non-hydrogen) atoms. The number of rotatable bonds is 5. The molecular weight excluding hydrogens is 509 g/mol. The van der Waals surface area contributed by atoms with Crippen LogP contribution >= 0.6 is 11.8 Å². The van der Waals surface area contributed by atoms with E-state index in [9.17, 15) is 18.8 Å². The lowest BCUT2D eigenvalue weighted by atomic mass is 9.75. The van der Waals surface area contributed by atoms with Gasteiger partial charge in [0.25, 0.3) is 0 Å². The summed E-state index contributed by atoms with van der Waals surface area (Å²) in [4.78, 5) is 44.6. The van der Waals surface area contributed by atoms with Crippen LogP contribution in [0.2, 0.25) is 0 Å². The van der Waals surface area contributed by atoms with Crippen molar-refractivity contribution in [3.8, 4) is 0 Å². The number of fused-ring (bicyclic) bond motifs is 6. The quantitative estimate of drug-likeness (QED) is 0.257. The van der Waals surface area contributed by atoms with E-state index in [1.54, 1.807) is 17.0 Å². The van der Waals surface area contributed by atoms with Crippen LogP contribution in [0.15, 0.2) is 119 Å². The second-order valence-corrected chi connectivity index (χ2v) is 11.1. The summed E-state index contributed by atoms with van der Waals surface area (Å²) in [5.41, 5.74) is 4.06. The highest BCUT2D eigenvalue weighted by molar-refractivity contribution is 8.03. The third kappa shape index (κ3) is 3.70. The summed E-state index contributed by atoms with van der Waals surface area (Å²) in [7, 11) is 0. The summed E-state index contributed by atoms with van der Waals surface area (Å²) in [5, 5.41) is 0.599. The predicted octanol–water partition coefficient (Wildman–Crippen LogP) is 7.14. The van der Waals surface area contributed by atoms with Crippen LogP contribution in [0, 0.1) is 11.7 Å². The van der Waals surface area contributed by atoms with E-state index in [0.29, 0.717) is 21.7 Å². The lowest BCUT2D eigenvalue weighted by Crippen LogP contribution is -2.43. The normalized spacial score (nSPS) is 20.8. The first kappa shape index (κ1) is 23.8. The van der Waals surface area contributed by atoms with Crippen LogP contribution < -0.4 is 4.90 Å². The van der Waals surface area contributed by atoms with Gasteiger partial charge in [0.2, 0.25) is 5.91 Å². The summed E-state index contributed by atoms with van der Waals surface area (Å²) in [6, 6.07) is 30.0. The first-order chi connectivity index (χ1) is 19.0. The highest BCUT2D eigenvalue weighted by Crippen LogP contribution is 2.61. The minimum atomic E-state index is -0.620. The number of thioether (sulfide) groups is 1. The molecule has 7 rings (SSSR count). The molecule has 2 heterocycles. The minimum Gasteiger partial charge on any atom is -0.294 e. The third-order valence-electron chi connectivity index (χ3n) is 7.94. The van der Waals surface area contributed by atoms with Crippen molar-refractivity contribution in [3.05, 3.63) is 142 Å². The molecule has 0 unspecified atom stereocenters. The summed E-state index contributed by atoms with van der Waals surface area (Å²) in [6.45, 7) is 0. The molecule has 2 aliphatic heterocycles. The monoisotopic (exact) mass is 531 g/mol. The van der Waals surface area contributed by atoms with Gasteiger partial charge in [-0.3, -0.25) is 19.3 Å². The van der Waals surface area contributed by atoms with Crippen LogP contribution in [-0.4, -0.2) is 17.5 Å².